The van der Waals surface area contributed by atoms with Crippen molar-refractivity contribution in [1.82, 2.24) is 20.6 Å². The van der Waals surface area contributed by atoms with Crippen molar-refractivity contribution in [3.05, 3.63) is 82.8 Å². The van der Waals surface area contributed by atoms with Crippen molar-refractivity contribution in [1.29, 1.82) is 0 Å². The van der Waals surface area contributed by atoms with Crippen LogP contribution in [0.3, 0.4) is 0 Å². The molecule has 0 saturated heterocycles. The van der Waals surface area contributed by atoms with E-state index in [0.29, 0.717) is 24.4 Å². The van der Waals surface area contributed by atoms with Crippen LogP contribution >= 0.6 is 0 Å². The van der Waals surface area contributed by atoms with Gasteiger partial charge in [0.25, 0.3) is 5.91 Å². The minimum Gasteiger partial charge on any atom is -0.469 e. The average molecular weight is 668 g/mol. The molecule has 1 aliphatic carbocycles. The van der Waals surface area contributed by atoms with E-state index in [0.717, 1.165) is 41.6 Å². The van der Waals surface area contributed by atoms with Crippen molar-refractivity contribution >= 4 is 23.5 Å². The van der Waals surface area contributed by atoms with Gasteiger partial charge < -0.3 is 39.4 Å². The number of hydrogen-bond acceptors (Lipinski definition) is 11. The normalized spacial score (nSPS) is 24.8. The van der Waals surface area contributed by atoms with Gasteiger partial charge in [-0.1, -0.05) is 63.4 Å². The standard InChI is InChI=1S/C36H37N5O8/c1-18(2)26-31-41-27(30-37-24(17-47-30)32(43)46-3)28(49-31)36-20-9-5-6-10-22(20)39-34(36)48-25-12-11-19(15-21(25)36)16-23(29(42)40-26)38-33(44)35(45)13-7-4-8-14-35/h5-6,9-12,15,17-18,23,26,34,39,45H,4,7-8,13-14,16H2,1-3H3,(H,38,44)(H,40,42)/t23?,26-,34?,36?/m0/s1. The molecule has 4 aromatic rings. The van der Waals surface area contributed by atoms with Crippen molar-refractivity contribution < 1.29 is 37.8 Å². The molecule has 2 amide bonds. The lowest BCUT2D eigenvalue weighted by Gasteiger charge is -2.33. The summed E-state index contributed by atoms with van der Waals surface area (Å²) in [6, 6.07) is 11.7. The highest BCUT2D eigenvalue weighted by molar-refractivity contribution is 5.92. The first-order valence-electron chi connectivity index (χ1n) is 16.7. The largest absolute Gasteiger partial charge is 0.469 e. The van der Waals surface area contributed by atoms with Crippen LogP contribution in [0.2, 0.25) is 0 Å². The van der Waals surface area contributed by atoms with Crippen molar-refractivity contribution in [3.8, 4) is 17.3 Å². The summed E-state index contributed by atoms with van der Waals surface area (Å²) in [5.74, 6) is -0.711. The molecule has 1 fully saturated rings. The maximum Gasteiger partial charge on any atom is 0.360 e. The fraction of sp³-hybridized carbons (Fsp3) is 0.417. The molecule has 3 unspecified atom stereocenters. The maximum absolute atomic E-state index is 14.1. The maximum atomic E-state index is 14.1. The molecule has 49 heavy (non-hydrogen) atoms. The number of methoxy groups -OCH3 is 1. The van der Waals surface area contributed by atoms with Crippen LogP contribution in [0.25, 0.3) is 11.6 Å². The molecule has 4 bridgehead atoms. The quantitative estimate of drug-likeness (QED) is 0.225. The summed E-state index contributed by atoms with van der Waals surface area (Å²) < 4.78 is 24.1. The number of aliphatic hydroxyl groups is 1. The number of nitrogens with zero attached hydrogens (tertiary/aromatic N) is 2. The van der Waals surface area contributed by atoms with Gasteiger partial charge in [0.2, 0.25) is 17.7 Å². The van der Waals surface area contributed by atoms with E-state index in [9.17, 15) is 19.5 Å². The Morgan fingerprint density at radius 2 is 1.86 bits per heavy atom. The predicted octanol–water partition coefficient (Wildman–Crippen LogP) is 4.14. The fourth-order valence-electron chi connectivity index (χ4n) is 7.68. The third-order valence-corrected chi connectivity index (χ3v) is 10.2. The van der Waals surface area contributed by atoms with E-state index in [1.165, 1.54) is 13.4 Å². The monoisotopic (exact) mass is 667 g/mol. The number of carbonyl (C=O) groups is 3. The topological polar surface area (TPSA) is 178 Å². The Balaban J connectivity index is 1.33. The minimum atomic E-state index is -1.53. The molecule has 1 saturated carbocycles. The first kappa shape index (κ1) is 31.1. The molecule has 4 N–H and O–H groups in total. The second-order valence-corrected chi connectivity index (χ2v) is 13.6. The molecule has 13 heteroatoms. The second kappa shape index (κ2) is 11.5. The van der Waals surface area contributed by atoms with E-state index in [-0.39, 0.29) is 35.5 Å². The molecule has 8 rings (SSSR count). The number of rotatable bonds is 5. The lowest BCUT2D eigenvalue weighted by molar-refractivity contribution is -0.145. The SMILES string of the molecule is COC(=O)c1coc(-c2nc3oc2C24c5ccccc5NC2Oc2ccc(cc24)CC(NC(=O)C2(O)CCCCC2)C(=O)N[C@H]3C(C)C)n1. The number of fused-ring (bicyclic) bond motifs is 4. The highest BCUT2D eigenvalue weighted by atomic mass is 16.5. The van der Waals surface area contributed by atoms with Crippen LogP contribution < -0.4 is 20.7 Å². The molecule has 3 aliphatic heterocycles. The third kappa shape index (κ3) is 4.81. The summed E-state index contributed by atoms with van der Waals surface area (Å²) in [6.45, 7) is 3.85. The summed E-state index contributed by atoms with van der Waals surface area (Å²) in [7, 11) is 1.26. The van der Waals surface area contributed by atoms with E-state index < -0.39 is 47.1 Å². The zero-order chi connectivity index (χ0) is 34.1. The first-order valence-corrected chi connectivity index (χ1v) is 16.7. The van der Waals surface area contributed by atoms with E-state index in [2.05, 4.69) is 20.9 Å². The molecule has 5 heterocycles. The average Bonchev–Trinajstić information content (AvgIpc) is 3.87. The lowest BCUT2D eigenvalue weighted by atomic mass is 9.72. The summed E-state index contributed by atoms with van der Waals surface area (Å²) >= 11 is 0. The molecule has 4 aliphatic rings. The van der Waals surface area contributed by atoms with E-state index >= 15 is 0 Å². The van der Waals surface area contributed by atoms with Crippen LogP contribution in [-0.4, -0.2) is 57.8 Å². The van der Waals surface area contributed by atoms with Gasteiger partial charge in [0, 0.05) is 17.7 Å². The number of para-hydroxylation sites is 1. The summed E-state index contributed by atoms with van der Waals surface area (Å²) in [6.07, 6.45) is 3.81. The Kier molecular flexibility index (Phi) is 7.28. The van der Waals surface area contributed by atoms with Crippen LogP contribution in [0.5, 0.6) is 5.75 Å². The number of hydrogen-bond donors (Lipinski definition) is 4. The molecular formula is C36H37N5O8. The number of benzene rings is 2. The summed E-state index contributed by atoms with van der Waals surface area (Å²) in [5.41, 5.74) is 0.787. The summed E-state index contributed by atoms with van der Waals surface area (Å²) in [4.78, 5) is 49.5. The Morgan fingerprint density at radius 3 is 2.63 bits per heavy atom. The number of ether oxygens (including phenoxy) is 2. The van der Waals surface area contributed by atoms with Crippen molar-refractivity contribution in [2.24, 2.45) is 5.92 Å². The van der Waals surface area contributed by atoms with Crippen LogP contribution in [-0.2, 0) is 26.2 Å². The zero-order valence-corrected chi connectivity index (χ0v) is 27.4. The van der Waals surface area contributed by atoms with Crippen molar-refractivity contribution in [2.45, 2.75) is 81.7 Å². The van der Waals surface area contributed by atoms with E-state index in [1.807, 2.05) is 56.3 Å². The van der Waals surface area contributed by atoms with Gasteiger partial charge in [-0.25, -0.2) is 14.8 Å². The van der Waals surface area contributed by atoms with Gasteiger partial charge in [-0.15, -0.1) is 0 Å². The van der Waals surface area contributed by atoms with Crippen LogP contribution in [0.4, 0.5) is 5.69 Å². The number of anilines is 1. The molecule has 0 radical (unpaired) electrons. The van der Waals surface area contributed by atoms with Gasteiger partial charge in [0.15, 0.2) is 23.4 Å². The van der Waals surface area contributed by atoms with E-state index in [1.54, 1.807) is 0 Å². The van der Waals surface area contributed by atoms with E-state index in [4.69, 9.17) is 23.3 Å². The van der Waals surface area contributed by atoms with Gasteiger partial charge >= 0.3 is 5.97 Å². The second-order valence-electron chi connectivity index (χ2n) is 13.6. The first-order chi connectivity index (χ1) is 23.6. The number of aromatic nitrogens is 2. The fourth-order valence-corrected chi connectivity index (χ4v) is 7.68. The number of nitrogens with one attached hydrogen (secondary N) is 3. The Morgan fingerprint density at radius 1 is 1.06 bits per heavy atom. The molecule has 13 nitrogen and oxygen atoms in total. The molecule has 2 aromatic heterocycles. The summed E-state index contributed by atoms with van der Waals surface area (Å²) in [5, 5.41) is 20.7. The van der Waals surface area contributed by atoms with Crippen LogP contribution in [0.15, 0.2) is 57.6 Å². The lowest BCUT2D eigenvalue weighted by Crippen LogP contribution is -2.56. The number of esters is 1. The number of carbonyl (C=O) groups excluding carboxylic acids is 3. The molecular weight excluding hydrogens is 630 g/mol. The van der Waals surface area contributed by atoms with Crippen LogP contribution in [0, 0.1) is 5.92 Å². The third-order valence-electron chi connectivity index (χ3n) is 10.2. The van der Waals surface area contributed by atoms with Gasteiger partial charge in [-0.3, -0.25) is 9.59 Å². The highest BCUT2D eigenvalue weighted by Gasteiger charge is 2.61. The zero-order valence-electron chi connectivity index (χ0n) is 27.4. The molecule has 2 aromatic carbocycles. The Hall–Kier alpha value is -5.17. The van der Waals surface area contributed by atoms with Crippen molar-refractivity contribution in [3.63, 3.8) is 0 Å². The Labute approximate surface area is 281 Å². The minimum absolute atomic E-state index is 0.0297. The number of oxazole rings is 2. The predicted molar refractivity (Wildman–Crippen MR) is 174 cm³/mol. The van der Waals surface area contributed by atoms with Gasteiger partial charge in [-0.2, -0.15) is 0 Å². The molecule has 254 valence electrons. The van der Waals surface area contributed by atoms with Gasteiger partial charge in [0.05, 0.1) is 7.11 Å². The molecule has 1 spiro atoms. The Bertz CT molecular complexity index is 1980. The van der Waals surface area contributed by atoms with Crippen molar-refractivity contribution in [2.75, 3.05) is 12.4 Å². The van der Waals surface area contributed by atoms with Gasteiger partial charge in [-0.05, 0) is 42.0 Å². The van der Waals surface area contributed by atoms with Crippen LogP contribution in [0.1, 0.15) is 90.8 Å². The smallest absolute Gasteiger partial charge is 0.360 e. The molecule has 4 atom stereocenters. The number of amides is 2. The van der Waals surface area contributed by atoms with Gasteiger partial charge in [0.1, 0.15) is 35.1 Å². The highest BCUT2D eigenvalue weighted by Crippen LogP contribution is 2.59.